The van der Waals surface area contributed by atoms with Gasteiger partial charge in [-0.3, -0.25) is 5.21 Å². The van der Waals surface area contributed by atoms with E-state index in [9.17, 15) is 18.0 Å². The van der Waals surface area contributed by atoms with Crippen LogP contribution in [0, 0.1) is 5.82 Å². The minimum atomic E-state index is -3.80. The number of halogens is 2. The summed E-state index contributed by atoms with van der Waals surface area (Å²) >= 11 is 5.74. The number of H-pyrrole nitrogens is 1. The molecule has 0 saturated heterocycles. The van der Waals surface area contributed by atoms with Crippen LogP contribution in [0.1, 0.15) is 11.4 Å². The number of rotatable bonds is 4. The Labute approximate surface area is 165 Å². The fraction of sp³-hybridized carbons (Fsp3) is 0.105. The van der Waals surface area contributed by atoms with Crippen molar-refractivity contribution in [3.05, 3.63) is 76.9 Å². The topological polar surface area (TPSA) is 86.3 Å². The summed E-state index contributed by atoms with van der Waals surface area (Å²) in [5.74, 6) is -0.832. The van der Waals surface area contributed by atoms with Gasteiger partial charge in [-0.1, -0.05) is 35.9 Å². The highest BCUT2D eigenvalue weighted by Crippen LogP contribution is 2.26. The summed E-state index contributed by atoms with van der Waals surface area (Å²) in [7, 11) is -3.80. The van der Waals surface area contributed by atoms with Gasteiger partial charge in [-0.2, -0.15) is 0 Å². The van der Waals surface area contributed by atoms with Gasteiger partial charge < -0.3 is 4.98 Å². The number of sulfone groups is 1. The van der Waals surface area contributed by atoms with Crippen LogP contribution in [0.4, 0.5) is 4.39 Å². The normalized spacial score (nSPS) is 14.5. The predicted molar refractivity (Wildman–Crippen MR) is 104 cm³/mol. The monoisotopic (exact) mass is 419 g/mol. The molecular weight excluding hydrogens is 405 g/mol. The maximum absolute atomic E-state index is 14.1. The first-order chi connectivity index (χ1) is 13.3. The molecule has 9 heteroatoms. The van der Waals surface area contributed by atoms with Gasteiger partial charge in [0, 0.05) is 5.56 Å². The lowest BCUT2D eigenvalue weighted by molar-refractivity contribution is -0.0171. The average molecular weight is 420 g/mol. The highest BCUT2D eigenvalue weighted by Gasteiger charge is 2.21. The van der Waals surface area contributed by atoms with Crippen molar-refractivity contribution in [3.63, 3.8) is 0 Å². The zero-order chi connectivity index (χ0) is 19.9. The second-order valence-corrected chi connectivity index (χ2v) is 8.70. The molecule has 0 bridgehead atoms. The second-order valence-electron chi connectivity index (χ2n) is 6.30. The lowest BCUT2D eigenvalue weighted by Crippen LogP contribution is -2.20. The third kappa shape index (κ3) is 3.42. The van der Waals surface area contributed by atoms with Crippen LogP contribution >= 0.6 is 11.6 Å². The van der Waals surface area contributed by atoms with E-state index < -0.39 is 21.4 Å². The molecule has 144 valence electrons. The molecule has 0 fully saturated rings. The average Bonchev–Trinajstić information content (AvgIpc) is 3.09. The van der Waals surface area contributed by atoms with Crippen LogP contribution in [0.25, 0.3) is 16.7 Å². The van der Waals surface area contributed by atoms with Gasteiger partial charge in [0.1, 0.15) is 11.5 Å². The maximum Gasteiger partial charge on any atom is 0.182 e. The third-order valence-corrected chi connectivity index (χ3v) is 6.33. The Balaban J connectivity index is 1.70. The van der Waals surface area contributed by atoms with Crippen molar-refractivity contribution in [1.82, 2.24) is 15.0 Å². The number of nitrogens with one attached hydrogen (secondary N) is 1. The molecule has 0 amide bonds. The summed E-state index contributed by atoms with van der Waals surface area (Å²) in [4.78, 5) is 7.44. The summed E-state index contributed by atoms with van der Waals surface area (Å²) < 4.78 is 39.6. The Hall–Kier alpha value is -2.68. The van der Waals surface area contributed by atoms with Gasteiger partial charge >= 0.3 is 0 Å². The van der Waals surface area contributed by atoms with Crippen LogP contribution in [0.5, 0.6) is 0 Å². The van der Waals surface area contributed by atoms with Crippen molar-refractivity contribution in [2.45, 2.75) is 10.6 Å². The van der Waals surface area contributed by atoms with Crippen molar-refractivity contribution >= 4 is 38.2 Å². The highest BCUT2D eigenvalue weighted by molar-refractivity contribution is 7.90. The molecule has 0 saturated carbocycles. The van der Waals surface area contributed by atoms with E-state index in [-0.39, 0.29) is 15.5 Å². The Kier molecular flexibility index (Phi) is 4.70. The van der Waals surface area contributed by atoms with Gasteiger partial charge in [0.05, 0.1) is 33.2 Å². The van der Waals surface area contributed by atoms with Crippen LogP contribution in [-0.2, 0) is 15.6 Å². The number of hydrogen-bond acceptors (Lipinski definition) is 5. The SMILES string of the molecule is O=S(=O)(Cc1cccc(Cl)c1F)c1ccc2nc(C3=CC=CCN3O)[nH]c2c1. The molecule has 0 unspecified atom stereocenters. The Morgan fingerprint density at radius 2 is 2.11 bits per heavy atom. The zero-order valence-corrected chi connectivity index (χ0v) is 16.0. The number of hydroxylamine groups is 2. The van der Waals surface area contributed by atoms with E-state index in [4.69, 9.17) is 11.6 Å². The number of nitrogens with zero attached hydrogens (tertiary/aromatic N) is 2. The molecule has 2 aromatic carbocycles. The minimum Gasteiger partial charge on any atom is -0.337 e. The molecule has 28 heavy (non-hydrogen) atoms. The number of imidazole rings is 1. The standard InChI is InChI=1S/C19H15ClFN3O3S/c20-14-5-3-4-12(18(14)21)11-28(26,27)13-7-8-15-16(10-13)23-19(22-15)17-6-1-2-9-24(17)25/h1-8,10,25H,9,11H2,(H,22,23). The molecule has 0 radical (unpaired) electrons. The van der Waals surface area contributed by atoms with E-state index in [1.807, 2.05) is 0 Å². The molecule has 2 heterocycles. The summed E-state index contributed by atoms with van der Waals surface area (Å²) in [5, 5.41) is 10.9. The predicted octanol–water partition coefficient (Wildman–Crippen LogP) is 3.93. The number of benzene rings is 2. The smallest absolute Gasteiger partial charge is 0.182 e. The van der Waals surface area contributed by atoms with Gasteiger partial charge in [0.2, 0.25) is 0 Å². The first kappa shape index (κ1) is 18.7. The van der Waals surface area contributed by atoms with Crippen LogP contribution < -0.4 is 0 Å². The molecule has 6 nitrogen and oxygen atoms in total. The van der Waals surface area contributed by atoms with Crippen molar-refractivity contribution in [1.29, 1.82) is 0 Å². The van der Waals surface area contributed by atoms with E-state index in [2.05, 4.69) is 9.97 Å². The van der Waals surface area contributed by atoms with Crippen molar-refractivity contribution in [2.24, 2.45) is 0 Å². The molecule has 0 aliphatic carbocycles. The van der Waals surface area contributed by atoms with Gasteiger partial charge in [-0.25, -0.2) is 22.9 Å². The van der Waals surface area contributed by atoms with E-state index in [1.165, 1.54) is 30.3 Å². The molecular formula is C19H15ClFN3O3S. The van der Waals surface area contributed by atoms with Crippen LogP contribution in [0.15, 0.2) is 59.5 Å². The first-order valence-corrected chi connectivity index (χ1v) is 10.4. The van der Waals surface area contributed by atoms with Crippen molar-refractivity contribution < 1.29 is 18.0 Å². The van der Waals surface area contributed by atoms with Gasteiger partial charge in [0.25, 0.3) is 0 Å². The van der Waals surface area contributed by atoms with Gasteiger partial charge in [0.15, 0.2) is 15.7 Å². The fourth-order valence-electron chi connectivity index (χ4n) is 2.96. The van der Waals surface area contributed by atoms with Crippen LogP contribution in [0.3, 0.4) is 0 Å². The largest absolute Gasteiger partial charge is 0.337 e. The molecule has 0 atom stereocenters. The summed E-state index contributed by atoms with van der Waals surface area (Å²) in [6.45, 7) is 0.327. The minimum absolute atomic E-state index is 0.00738. The molecule has 1 aliphatic heterocycles. The van der Waals surface area contributed by atoms with Gasteiger partial charge in [-0.05, 0) is 30.3 Å². The Bertz CT molecular complexity index is 1230. The molecule has 3 aromatic rings. The fourth-order valence-corrected chi connectivity index (χ4v) is 4.52. The van der Waals surface area contributed by atoms with Crippen LogP contribution in [-0.4, -0.2) is 35.2 Å². The molecule has 2 N–H and O–H groups in total. The maximum atomic E-state index is 14.1. The summed E-state index contributed by atoms with van der Waals surface area (Å²) in [6.07, 6.45) is 5.28. The van der Waals surface area contributed by atoms with E-state index in [0.29, 0.717) is 29.1 Å². The molecule has 4 rings (SSSR count). The number of aromatic amines is 1. The number of hydrogen-bond donors (Lipinski definition) is 2. The van der Waals surface area contributed by atoms with E-state index in [1.54, 1.807) is 24.3 Å². The molecule has 1 aliphatic rings. The summed E-state index contributed by atoms with van der Waals surface area (Å²) in [6, 6.07) is 8.71. The quantitative estimate of drug-likeness (QED) is 0.669. The third-order valence-electron chi connectivity index (χ3n) is 4.38. The van der Waals surface area contributed by atoms with Gasteiger partial charge in [-0.15, -0.1) is 0 Å². The second kappa shape index (κ2) is 7.05. The van der Waals surface area contributed by atoms with Crippen molar-refractivity contribution in [2.75, 3.05) is 6.54 Å². The first-order valence-electron chi connectivity index (χ1n) is 8.34. The summed E-state index contributed by atoms with van der Waals surface area (Å²) in [5.41, 5.74) is 1.52. The van der Waals surface area contributed by atoms with Crippen LogP contribution in [0.2, 0.25) is 5.02 Å². The Morgan fingerprint density at radius 3 is 2.89 bits per heavy atom. The Morgan fingerprint density at radius 1 is 1.29 bits per heavy atom. The van der Waals surface area contributed by atoms with E-state index >= 15 is 0 Å². The van der Waals surface area contributed by atoms with E-state index in [0.717, 1.165) is 5.06 Å². The highest BCUT2D eigenvalue weighted by atomic mass is 35.5. The molecule has 0 spiro atoms. The molecule has 1 aromatic heterocycles. The lowest BCUT2D eigenvalue weighted by atomic mass is 10.2. The van der Waals surface area contributed by atoms with Crippen molar-refractivity contribution in [3.8, 4) is 0 Å². The number of allylic oxidation sites excluding steroid dienone is 2. The lowest BCUT2D eigenvalue weighted by Gasteiger charge is -2.18. The number of fused-ring (bicyclic) bond motifs is 1. The zero-order valence-electron chi connectivity index (χ0n) is 14.4. The number of aromatic nitrogens is 2.